The molecule has 2 aromatic carbocycles. The van der Waals surface area contributed by atoms with Crippen LogP contribution in [0.3, 0.4) is 0 Å². The molecule has 0 aliphatic rings. The van der Waals surface area contributed by atoms with Gasteiger partial charge in [-0.05, 0) is 34.4 Å². The molecule has 0 saturated carbocycles. The molecule has 1 amide bonds. The molecule has 25 heavy (non-hydrogen) atoms. The first-order valence-electron chi connectivity index (χ1n) is 8.53. The van der Waals surface area contributed by atoms with E-state index in [2.05, 4.69) is 48.5 Å². The number of rotatable bonds is 5. The van der Waals surface area contributed by atoms with Crippen molar-refractivity contribution in [2.24, 2.45) is 12.8 Å². The summed E-state index contributed by atoms with van der Waals surface area (Å²) in [7, 11) is 1.86. The van der Waals surface area contributed by atoms with E-state index in [0.717, 1.165) is 16.6 Å². The Bertz CT molecular complexity index is 898. The van der Waals surface area contributed by atoms with Gasteiger partial charge < -0.3 is 11.1 Å². The maximum absolute atomic E-state index is 12.6. The Kier molecular flexibility index (Phi) is 4.86. The maximum atomic E-state index is 12.6. The number of nitrogens with one attached hydrogen (secondary N) is 1. The summed E-state index contributed by atoms with van der Waals surface area (Å²) in [5.74, 6) is 0.107. The Hall–Kier alpha value is -2.66. The van der Waals surface area contributed by atoms with Crippen molar-refractivity contribution >= 4 is 16.7 Å². The van der Waals surface area contributed by atoms with Gasteiger partial charge in [-0.2, -0.15) is 5.10 Å². The standard InChI is InChI=1S/C20H24N4O/c1-13(2)19-11-17(23-24(19)3)20(25)22-18(12-21)16-9-8-14-6-4-5-7-15(14)10-16/h4-11,13,18H,12,21H2,1-3H3,(H,22,25). The van der Waals surface area contributed by atoms with E-state index >= 15 is 0 Å². The largest absolute Gasteiger partial charge is 0.343 e. The zero-order chi connectivity index (χ0) is 18.0. The lowest BCUT2D eigenvalue weighted by Gasteiger charge is -2.17. The van der Waals surface area contributed by atoms with Crippen LogP contribution in [0.4, 0.5) is 0 Å². The van der Waals surface area contributed by atoms with E-state index in [4.69, 9.17) is 5.73 Å². The van der Waals surface area contributed by atoms with Crippen LogP contribution in [0.1, 0.15) is 47.6 Å². The van der Waals surface area contributed by atoms with E-state index in [1.54, 1.807) is 4.68 Å². The highest BCUT2D eigenvalue weighted by Crippen LogP contribution is 2.21. The van der Waals surface area contributed by atoms with Crippen molar-refractivity contribution in [2.75, 3.05) is 6.54 Å². The maximum Gasteiger partial charge on any atom is 0.272 e. The van der Waals surface area contributed by atoms with Gasteiger partial charge in [0, 0.05) is 19.3 Å². The second-order valence-electron chi connectivity index (χ2n) is 6.60. The third kappa shape index (κ3) is 3.56. The number of aryl methyl sites for hydroxylation is 1. The van der Waals surface area contributed by atoms with Crippen molar-refractivity contribution in [1.82, 2.24) is 15.1 Å². The molecule has 5 heteroatoms. The van der Waals surface area contributed by atoms with Gasteiger partial charge in [0.2, 0.25) is 0 Å². The van der Waals surface area contributed by atoms with Gasteiger partial charge in [-0.15, -0.1) is 0 Å². The molecule has 0 radical (unpaired) electrons. The molecule has 5 nitrogen and oxygen atoms in total. The van der Waals surface area contributed by atoms with Gasteiger partial charge in [0.1, 0.15) is 5.69 Å². The Morgan fingerprint density at radius 1 is 1.16 bits per heavy atom. The van der Waals surface area contributed by atoms with Crippen molar-refractivity contribution in [3.05, 3.63) is 65.5 Å². The molecule has 3 rings (SSSR count). The number of fused-ring (bicyclic) bond motifs is 1. The normalized spacial score (nSPS) is 12.5. The molecule has 130 valence electrons. The average molecular weight is 336 g/mol. The highest BCUT2D eigenvalue weighted by Gasteiger charge is 2.19. The molecule has 1 atom stereocenters. The van der Waals surface area contributed by atoms with Crippen molar-refractivity contribution < 1.29 is 4.79 Å². The van der Waals surface area contributed by atoms with Crippen LogP contribution in [0.2, 0.25) is 0 Å². The van der Waals surface area contributed by atoms with Crippen LogP contribution in [0, 0.1) is 0 Å². The number of nitrogens with two attached hydrogens (primary N) is 1. The van der Waals surface area contributed by atoms with Gasteiger partial charge in [0.15, 0.2) is 0 Å². The first-order chi connectivity index (χ1) is 12.0. The summed E-state index contributed by atoms with van der Waals surface area (Å²) >= 11 is 0. The average Bonchev–Trinajstić information content (AvgIpc) is 3.01. The molecule has 0 fully saturated rings. The van der Waals surface area contributed by atoms with E-state index in [1.165, 1.54) is 5.39 Å². The van der Waals surface area contributed by atoms with E-state index < -0.39 is 0 Å². The lowest BCUT2D eigenvalue weighted by Crippen LogP contribution is -2.33. The molecule has 1 heterocycles. The summed E-state index contributed by atoms with van der Waals surface area (Å²) in [6.07, 6.45) is 0. The lowest BCUT2D eigenvalue weighted by molar-refractivity contribution is 0.0932. The van der Waals surface area contributed by atoms with Crippen molar-refractivity contribution in [2.45, 2.75) is 25.8 Å². The van der Waals surface area contributed by atoms with E-state index in [0.29, 0.717) is 18.2 Å². The number of aromatic nitrogens is 2. The molecule has 0 aliphatic carbocycles. The number of nitrogens with zero attached hydrogens (tertiary/aromatic N) is 2. The summed E-state index contributed by atoms with van der Waals surface area (Å²) in [5, 5.41) is 9.63. The van der Waals surface area contributed by atoms with Crippen LogP contribution in [0.5, 0.6) is 0 Å². The van der Waals surface area contributed by atoms with E-state index in [1.807, 2.05) is 31.3 Å². The fourth-order valence-corrected chi connectivity index (χ4v) is 3.07. The van der Waals surface area contributed by atoms with Gasteiger partial charge >= 0.3 is 0 Å². The quantitative estimate of drug-likeness (QED) is 0.752. The molecule has 0 saturated heterocycles. The molecule has 0 bridgehead atoms. The van der Waals surface area contributed by atoms with Gasteiger partial charge in [0.25, 0.3) is 5.91 Å². The predicted molar refractivity (Wildman–Crippen MR) is 101 cm³/mol. The summed E-state index contributed by atoms with van der Waals surface area (Å²) in [6.45, 7) is 4.49. The van der Waals surface area contributed by atoms with Crippen LogP contribution >= 0.6 is 0 Å². The van der Waals surface area contributed by atoms with Crippen molar-refractivity contribution in [3.63, 3.8) is 0 Å². The number of hydrogen-bond donors (Lipinski definition) is 2. The summed E-state index contributed by atoms with van der Waals surface area (Å²) in [4.78, 5) is 12.6. The van der Waals surface area contributed by atoms with Crippen molar-refractivity contribution in [3.8, 4) is 0 Å². The van der Waals surface area contributed by atoms with Crippen LogP contribution in [0.15, 0.2) is 48.5 Å². The highest BCUT2D eigenvalue weighted by atomic mass is 16.2. The molecular weight excluding hydrogens is 312 g/mol. The fourth-order valence-electron chi connectivity index (χ4n) is 3.07. The van der Waals surface area contributed by atoms with Gasteiger partial charge in [0.05, 0.1) is 6.04 Å². The van der Waals surface area contributed by atoms with Crippen LogP contribution in [-0.4, -0.2) is 22.2 Å². The molecule has 1 unspecified atom stereocenters. The third-order valence-corrected chi connectivity index (χ3v) is 4.46. The summed E-state index contributed by atoms with van der Waals surface area (Å²) < 4.78 is 1.76. The molecular formula is C20H24N4O. The topological polar surface area (TPSA) is 72.9 Å². The molecule has 3 aromatic rings. The Morgan fingerprint density at radius 2 is 1.88 bits per heavy atom. The third-order valence-electron chi connectivity index (χ3n) is 4.46. The monoisotopic (exact) mass is 336 g/mol. The van der Waals surface area contributed by atoms with Gasteiger partial charge in [-0.3, -0.25) is 9.48 Å². The Labute approximate surface area is 147 Å². The van der Waals surface area contributed by atoms with Crippen LogP contribution in [-0.2, 0) is 7.05 Å². The zero-order valence-corrected chi connectivity index (χ0v) is 14.9. The number of benzene rings is 2. The number of carbonyl (C=O) groups excluding carboxylic acids is 1. The molecule has 3 N–H and O–H groups in total. The molecule has 0 spiro atoms. The number of amides is 1. The summed E-state index contributed by atoms with van der Waals surface area (Å²) in [6, 6.07) is 15.9. The number of carbonyl (C=O) groups is 1. The second kappa shape index (κ2) is 7.07. The first kappa shape index (κ1) is 17.2. The minimum atomic E-state index is -0.249. The van der Waals surface area contributed by atoms with E-state index in [9.17, 15) is 4.79 Å². The smallest absolute Gasteiger partial charge is 0.272 e. The van der Waals surface area contributed by atoms with Gasteiger partial charge in [-0.1, -0.05) is 50.2 Å². The van der Waals surface area contributed by atoms with Crippen LogP contribution < -0.4 is 11.1 Å². The minimum absolute atomic E-state index is 0.203. The Balaban J connectivity index is 1.83. The fraction of sp³-hybridized carbons (Fsp3) is 0.300. The lowest BCUT2D eigenvalue weighted by atomic mass is 10.0. The second-order valence-corrected chi connectivity index (χ2v) is 6.60. The molecule has 1 aromatic heterocycles. The SMILES string of the molecule is CC(C)c1cc(C(=O)NC(CN)c2ccc3ccccc3c2)nn1C. The summed E-state index contributed by atoms with van der Waals surface area (Å²) in [5.41, 5.74) is 8.36. The Morgan fingerprint density at radius 3 is 2.52 bits per heavy atom. The minimum Gasteiger partial charge on any atom is -0.343 e. The predicted octanol–water partition coefficient (Wildman–Crippen LogP) is 3.13. The zero-order valence-electron chi connectivity index (χ0n) is 14.9. The molecule has 0 aliphatic heterocycles. The highest BCUT2D eigenvalue weighted by molar-refractivity contribution is 5.93. The van der Waals surface area contributed by atoms with E-state index in [-0.39, 0.29) is 11.9 Å². The first-order valence-corrected chi connectivity index (χ1v) is 8.53. The van der Waals surface area contributed by atoms with Crippen molar-refractivity contribution in [1.29, 1.82) is 0 Å². The van der Waals surface area contributed by atoms with Crippen LogP contribution in [0.25, 0.3) is 10.8 Å². The number of hydrogen-bond acceptors (Lipinski definition) is 3. The van der Waals surface area contributed by atoms with Gasteiger partial charge in [-0.25, -0.2) is 0 Å².